The minimum Gasteiger partial charge on any atom is -0.493 e. The van der Waals surface area contributed by atoms with Gasteiger partial charge in [0.1, 0.15) is 0 Å². The van der Waals surface area contributed by atoms with Crippen molar-refractivity contribution in [2.45, 2.75) is 13.0 Å². The summed E-state index contributed by atoms with van der Waals surface area (Å²) in [4.78, 5) is 2.11. The molecule has 0 saturated carbocycles. The van der Waals surface area contributed by atoms with E-state index >= 15 is 0 Å². The average molecular weight is 397 g/mol. The largest absolute Gasteiger partial charge is 0.493 e. The highest BCUT2D eigenvalue weighted by molar-refractivity contribution is 7.80. The number of methoxy groups -OCH3 is 2. The fraction of sp³-hybridized carbons (Fsp3) is 0.278. The van der Waals surface area contributed by atoms with E-state index in [-0.39, 0.29) is 0 Å². The van der Waals surface area contributed by atoms with Gasteiger partial charge in [-0.1, -0.05) is 23.2 Å². The second-order valence-electron chi connectivity index (χ2n) is 5.74. The van der Waals surface area contributed by atoms with Gasteiger partial charge in [0, 0.05) is 28.8 Å². The minimum atomic E-state index is 0.568. The summed E-state index contributed by atoms with van der Waals surface area (Å²) < 4.78 is 10.8. The minimum absolute atomic E-state index is 0.568. The van der Waals surface area contributed by atoms with Crippen LogP contribution < -0.4 is 14.8 Å². The van der Waals surface area contributed by atoms with Gasteiger partial charge in [-0.25, -0.2) is 0 Å². The Morgan fingerprint density at radius 1 is 1.00 bits per heavy atom. The van der Waals surface area contributed by atoms with Gasteiger partial charge in [-0.2, -0.15) is 0 Å². The second kappa shape index (κ2) is 7.68. The Kier molecular flexibility index (Phi) is 5.57. The van der Waals surface area contributed by atoms with E-state index < -0.39 is 0 Å². The molecular weight excluding hydrogens is 379 g/mol. The van der Waals surface area contributed by atoms with E-state index in [0.717, 1.165) is 30.2 Å². The molecule has 2 aromatic rings. The highest BCUT2D eigenvalue weighted by Gasteiger charge is 2.21. The summed E-state index contributed by atoms with van der Waals surface area (Å²) in [7, 11) is 3.29. The average Bonchev–Trinajstić information content (AvgIpc) is 2.58. The fourth-order valence-electron chi connectivity index (χ4n) is 2.89. The van der Waals surface area contributed by atoms with Crippen molar-refractivity contribution < 1.29 is 9.47 Å². The molecule has 2 aromatic carbocycles. The fourth-order valence-corrected chi connectivity index (χ4v) is 3.68. The van der Waals surface area contributed by atoms with Crippen LogP contribution >= 0.6 is 35.4 Å². The Morgan fingerprint density at radius 3 is 2.20 bits per heavy atom. The van der Waals surface area contributed by atoms with Crippen molar-refractivity contribution in [1.82, 2.24) is 4.90 Å². The number of anilines is 1. The number of rotatable bonds is 3. The molecule has 0 amide bonds. The van der Waals surface area contributed by atoms with Crippen molar-refractivity contribution in [2.24, 2.45) is 0 Å². The zero-order valence-electron chi connectivity index (χ0n) is 13.9. The molecule has 0 aromatic heterocycles. The van der Waals surface area contributed by atoms with Gasteiger partial charge in [0.25, 0.3) is 0 Å². The SMILES string of the molecule is COc1cc2c(cc1OC)CN(C(=S)Nc1cc(Cl)cc(Cl)c1)CC2. The lowest BCUT2D eigenvalue weighted by Crippen LogP contribution is -2.38. The summed E-state index contributed by atoms with van der Waals surface area (Å²) in [6.45, 7) is 1.53. The lowest BCUT2D eigenvalue weighted by molar-refractivity contribution is 0.348. The van der Waals surface area contributed by atoms with E-state index in [0.29, 0.717) is 21.7 Å². The van der Waals surface area contributed by atoms with Gasteiger partial charge < -0.3 is 19.7 Å². The number of nitrogens with zero attached hydrogens (tertiary/aromatic N) is 1. The van der Waals surface area contributed by atoms with Crippen LogP contribution in [0.3, 0.4) is 0 Å². The Labute approximate surface area is 162 Å². The van der Waals surface area contributed by atoms with Gasteiger partial charge in [-0.3, -0.25) is 0 Å². The highest BCUT2D eigenvalue weighted by atomic mass is 35.5. The third kappa shape index (κ3) is 4.11. The van der Waals surface area contributed by atoms with Gasteiger partial charge in [-0.15, -0.1) is 0 Å². The Bertz CT molecular complexity index is 794. The number of hydrogen-bond acceptors (Lipinski definition) is 3. The number of nitrogens with one attached hydrogen (secondary N) is 1. The number of fused-ring (bicyclic) bond motifs is 1. The van der Waals surface area contributed by atoms with Crippen LogP contribution in [0.2, 0.25) is 10.0 Å². The Hall–Kier alpha value is -1.69. The number of ether oxygens (including phenoxy) is 2. The van der Waals surface area contributed by atoms with Crippen LogP contribution in [-0.2, 0) is 13.0 Å². The topological polar surface area (TPSA) is 33.7 Å². The van der Waals surface area contributed by atoms with Crippen LogP contribution in [-0.4, -0.2) is 30.8 Å². The normalized spacial score (nSPS) is 13.2. The molecule has 0 bridgehead atoms. The summed E-state index contributed by atoms with van der Waals surface area (Å²) in [5, 5.41) is 4.98. The van der Waals surface area contributed by atoms with Gasteiger partial charge in [0.15, 0.2) is 16.6 Å². The third-order valence-electron chi connectivity index (χ3n) is 4.12. The van der Waals surface area contributed by atoms with Crippen LogP contribution in [0.4, 0.5) is 5.69 Å². The first-order valence-corrected chi connectivity index (χ1v) is 8.92. The smallest absolute Gasteiger partial charge is 0.173 e. The van der Waals surface area contributed by atoms with E-state index in [2.05, 4.69) is 10.2 Å². The number of hydrogen-bond donors (Lipinski definition) is 1. The van der Waals surface area contributed by atoms with Gasteiger partial charge >= 0.3 is 0 Å². The van der Waals surface area contributed by atoms with Crippen LogP contribution in [0, 0.1) is 0 Å². The van der Waals surface area contributed by atoms with Crippen LogP contribution in [0.1, 0.15) is 11.1 Å². The molecule has 0 fully saturated rings. The molecule has 1 aliphatic rings. The lowest BCUT2D eigenvalue weighted by atomic mass is 9.99. The number of halogens is 2. The molecule has 0 radical (unpaired) electrons. The molecule has 0 aliphatic carbocycles. The molecule has 3 rings (SSSR count). The highest BCUT2D eigenvalue weighted by Crippen LogP contribution is 2.33. The first-order valence-electron chi connectivity index (χ1n) is 7.76. The van der Waals surface area contributed by atoms with Crippen molar-refractivity contribution in [3.63, 3.8) is 0 Å². The summed E-state index contributed by atoms with van der Waals surface area (Å²) in [5.74, 6) is 1.48. The van der Waals surface area contributed by atoms with Crippen molar-refractivity contribution in [2.75, 3.05) is 26.1 Å². The summed E-state index contributed by atoms with van der Waals surface area (Å²) in [5.41, 5.74) is 3.21. The molecule has 4 nitrogen and oxygen atoms in total. The van der Waals surface area contributed by atoms with E-state index in [1.165, 1.54) is 11.1 Å². The molecule has 132 valence electrons. The van der Waals surface area contributed by atoms with Gasteiger partial charge in [0.2, 0.25) is 0 Å². The van der Waals surface area contributed by atoms with Crippen molar-refractivity contribution in [3.8, 4) is 11.5 Å². The number of thiocarbonyl (C=S) groups is 1. The molecular formula is C18H18Cl2N2O2S. The maximum absolute atomic E-state index is 6.04. The van der Waals surface area contributed by atoms with Gasteiger partial charge in [0.05, 0.1) is 14.2 Å². The zero-order valence-corrected chi connectivity index (χ0v) is 16.3. The molecule has 0 spiro atoms. The quantitative estimate of drug-likeness (QED) is 0.755. The molecule has 0 saturated heterocycles. The van der Waals surface area contributed by atoms with Crippen molar-refractivity contribution in [1.29, 1.82) is 0 Å². The third-order valence-corrected chi connectivity index (χ3v) is 4.92. The predicted molar refractivity (Wildman–Crippen MR) is 106 cm³/mol. The number of benzene rings is 2. The molecule has 25 heavy (non-hydrogen) atoms. The monoisotopic (exact) mass is 396 g/mol. The van der Waals surface area contributed by atoms with E-state index in [4.69, 9.17) is 44.9 Å². The first kappa shape index (κ1) is 18.1. The van der Waals surface area contributed by atoms with Crippen LogP contribution in [0.5, 0.6) is 11.5 Å². The maximum atomic E-state index is 6.04. The molecule has 1 N–H and O–H groups in total. The van der Waals surface area contributed by atoms with Crippen molar-refractivity contribution in [3.05, 3.63) is 51.5 Å². The molecule has 1 aliphatic heterocycles. The molecule has 0 atom stereocenters. The second-order valence-corrected chi connectivity index (χ2v) is 7.00. The lowest BCUT2D eigenvalue weighted by Gasteiger charge is -2.31. The van der Waals surface area contributed by atoms with Crippen LogP contribution in [0.25, 0.3) is 0 Å². The van der Waals surface area contributed by atoms with Crippen molar-refractivity contribution >= 4 is 46.2 Å². The molecule has 1 heterocycles. The van der Waals surface area contributed by atoms with E-state index in [9.17, 15) is 0 Å². The molecule has 7 heteroatoms. The Morgan fingerprint density at radius 2 is 1.60 bits per heavy atom. The van der Waals surface area contributed by atoms with Crippen LogP contribution in [0.15, 0.2) is 30.3 Å². The van der Waals surface area contributed by atoms with Gasteiger partial charge in [-0.05, 0) is 60.1 Å². The summed E-state index contributed by atoms with van der Waals surface area (Å²) >= 11 is 17.6. The Balaban J connectivity index is 1.76. The first-order chi connectivity index (χ1) is 12.0. The summed E-state index contributed by atoms with van der Waals surface area (Å²) in [6, 6.07) is 9.34. The zero-order chi connectivity index (χ0) is 18.0. The standard InChI is InChI=1S/C18H18Cl2N2O2S/c1-23-16-5-11-3-4-22(10-12(11)6-17(16)24-2)18(25)21-15-8-13(19)7-14(20)9-15/h5-9H,3-4,10H2,1-2H3,(H,21,25). The molecule has 0 unspecified atom stereocenters. The van der Waals surface area contributed by atoms with E-state index in [1.807, 2.05) is 12.1 Å². The predicted octanol–water partition coefficient (Wildman–Crippen LogP) is 4.77. The maximum Gasteiger partial charge on any atom is 0.173 e. The van der Waals surface area contributed by atoms with E-state index in [1.54, 1.807) is 32.4 Å². The summed E-state index contributed by atoms with van der Waals surface area (Å²) in [6.07, 6.45) is 0.883.